The first-order valence-electron chi connectivity index (χ1n) is 4.81. The standard InChI is InChI=1S/C8H18N2O2S/c1-2-7-4-3-5-8(6-7)10-13(9,11)12/h7-8,10H,2-6H2,1H3,(H2,9,11,12)/t7-,8-/m0/s1. The van der Waals surface area contributed by atoms with Crippen molar-refractivity contribution in [3.8, 4) is 0 Å². The van der Waals surface area contributed by atoms with Gasteiger partial charge in [0.1, 0.15) is 0 Å². The van der Waals surface area contributed by atoms with Gasteiger partial charge in [-0.05, 0) is 18.8 Å². The molecule has 0 unspecified atom stereocenters. The van der Waals surface area contributed by atoms with Gasteiger partial charge in [-0.3, -0.25) is 0 Å². The largest absolute Gasteiger partial charge is 0.274 e. The fraction of sp³-hybridized carbons (Fsp3) is 1.00. The molecule has 0 saturated heterocycles. The van der Waals surface area contributed by atoms with Gasteiger partial charge in [0.15, 0.2) is 0 Å². The molecule has 4 nitrogen and oxygen atoms in total. The van der Waals surface area contributed by atoms with Gasteiger partial charge in [-0.1, -0.05) is 26.2 Å². The van der Waals surface area contributed by atoms with Gasteiger partial charge in [0.2, 0.25) is 0 Å². The summed E-state index contributed by atoms with van der Waals surface area (Å²) in [5.41, 5.74) is 0. The lowest BCUT2D eigenvalue weighted by Crippen LogP contribution is -2.41. The molecule has 1 rings (SSSR count). The molecular formula is C8H18N2O2S. The van der Waals surface area contributed by atoms with Gasteiger partial charge in [0.05, 0.1) is 0 Å². The molecule has 2 atom stereocenters. The van der Waals surface area contributed by atoms with Crippen molar-refractivity contribution in [2.45, 2.75) is 45.1 Å². The van der Waals surface area contributed by atoms with Gasteiger partial charge in [0.25, 0.3) is 10.2 Å². The van der Waals surface area contributed by atoms with E-state index < -0.39 is 10.2 Å². The maximum absolute atomic E-state index is 10.8. The lowest BCUT2D eigenvalue weighted by Gasteiger charge is -2.28. The minimum atomic E-state index is -3.51. The van der Waals surface area contributed by atoms with Gasteiger partial charge in [-0.15, -0.1) is 0 Å². The first-order chi connectivity index (χ1) is 6.01. The van der Waals surface area contributed by atoms with Crippen LogP contribution in [0.4, 0.5) is 0 Å². The normalized spacial score (nSPS) is 30.3. The third-order valence-electron chi connectivity index (χ3n) is 2.69. The molecule has 0 spiro atoms. The van der Waals surface area contributed by atoms with E-state index in [1.807, 2.05) is 0 Å². The number of nitrogens with two attached hydrogens (primary N) is 1. The van der Waals surface area contributed by atoms with Crippen molar-refractivity contribution in [3.05, 3.63) is 0 Å². The number of nitrogens with one attached hydrogen (secondary N) is 1. The van der Waals surface area contributed by atoms with Crippen LogP contribution in [-0.4, -0.2) is 14.5 Å². The van der Waals surface area contributed by atoms with Crippen molar-refractivity contribution in [2.24, 2.45) is 11.1 Å². The number of hydrogen-bond acceptors (Lipinski definition) is 2. The summed E-state index contributed by atoms with van der Waals surface area (Å²) in [4.78, 5) is 0. The van der Waals surface area contributed by atoms with E-state index in [0.717, 1.165) is 25.7 Å². The lowest BCUT2D eigenvalue weighted by molar-refractivity contribution is 0.301. The summed E-state index contributed by atoms with van der Waals surface area (Å²) in [5, 5.41) is 4.91. The van der Waals surface area contributed by atoms with E-state index in [1.165, 1.54) is 6.42 Å². The van der Waals surface area contributed by atoms with Crippen molar-refractivity contribution in [1.82, 2.24) is 4.72 Å². The zero-order valence-corrected chi connectivity index (χ0v) is 8.81. The molecule has 13 heavy (non-hydrogen) atoms. The van der Waals surface area contributed by atoms with E-state index >= 15 is 0 Å². The van der Waals surface area contributed by atoms with Crippen LogP contribution in [0.3, 0.4) is 0 Å². The Morgan fingerprint density at radius 3 is 2.69 bits per heavy atom. The molecule has 1 saturated carbocycles. The molecule has 0 aromatic rings. The van der Waals surface area contributed by atoms with Crippen LogP contribution in [-0.2, 0) is 10.2 Å². The lowest BCUT2D eigenvalue weighted by atomic mass is 9.85. The van der Waals surface area contributed by atoms with E-state index in [2.05, 4.69) is 11.6 Å². The van der Waals surface area contributed by atoms with Crippen molar-refractivity contribution in [1.29, 1.82) is 0 Å². The van der Waals surface area contributed by atoms with Crippen LogP contribution in [0.2, 0.25) is 0 Å². The number of hydrogen-bond donors (Lipinski definition) is 2. The van der Waals surface area contributed by atoms with Crippen molar-refractivity contribution >= 4 is 10.2 Å². The molecule has 0 bridgehead atoms. The van der Waals surface area contributed by atoms with Crippen LogP contribution in [0.25, 0.3) is 0 Å². The second kappa shape index (κ2) is 4.39. The van der Waals surface area contributed by atoms with E-state index in [4.69, 9.17) is 5.14 Å². The Kier molecular flexibility index (Phi) is 3.70. The third kappa shape index (κ3) is 4.06. The van der Waals surface area contributed by atoms with Gasteiger partial charge >= 0.3 is 0 Å². The fourth-order valence-electron chi connectivity index (χ4n) is 2.00. The predicted octanol–water partition coefficient (Wildman–Crippen LogP) is 0.748. The van der Waals surface area contributed by atoms with E-state index in [-0.39, 0.29) is 6.04 Å². The van der Waals surface area contributed by atoms with Crippen LogP contribution >= 0.6 is 0 Å². The molecule has 0 heterocycles. The topological polar surface area (TPSA) is 72.2 Å². The summed E-state index contributed by atoms with van der Waals surface area (Å²) in [6.45, 7) is 2.14. The molecule has 0 aromatic carbocycles. The highest BCUT2D eigenvalue weighted by Crippen LogP contribution is 2.26. The zero-order valence-electron chi connectivity index (χ0n) is 7.99. The van der Waals surface area contributed by atoms with Crippen LogP contribution in [0.1, 0.15) is 39.0 Å². The Bertz CT molecular complexity index is 251. The second-order valence-electron chi connectivity index (χ2n) is 3.80. The first kappa shape index (κ1) is 10.9. The zero-order chi connectivity index (χ0) is 9.90. The second-order valence-corrected chi connectivity index (χ2v) is 5.13. The molecule has 5 heteroatoms. The highest BCUT2D eigenvalue weighted by atomic mass is 32.2. The molecule has 0 aliphatic heterocycles. The predicted molar refractivity (Wildman–Crippen MR) is 52.3 cm³/mol. The van der Waals surface area contributed by atoms with Crippen molar-refractivity contribution in [3.63, 3.8) is 0 Å². The van der Waals surface area contributed by atoms with Gasteiger partial charge in [0, 0.05) is 6.04 Å². The average molecular weight is 206 g/mol. The van der Waals surface area contributed by atoms with Gasteiger partial charge in [-0.25, -0.2) is 5.14 Å². The number of rotatable bonds is 3. The quantitative estimate of drug-likeness (QED) is 0.715. The smallest absolute Gasteiger partial charge is 0.216 e. The molecule has 0 radical (unpaired) electrons. The molecule has 1 aliphatic carbocycles. The molecule has 78 valence electrons. The molecule has 3 N–H and O–H groups in total. The van der Waals surface area contributed by atoms with E-state index in [0.29, 0.717) is 5.92 Å². The summed E-state index contributed by atoms with van der Waals surface area (Å²) in [7, 11) is -3.51. The highest BCUT2D eigenvalue weighted by Gasteiger charge is 2.22. The Labute approximate surface area is 80.1 Å². The van der Waals surface area contributed by atoms with Crippen LogP contribution in [0, 0.1) is 5.92 Å². The minimum Gasteiger partial charge on any atom is -0.216 e. The average Bonchev–Trinajstić information content (AvgIpc) is 2.01. The highest BCUT2D eigenvalue weighted by molar-refractivity contribution is 7.87. The summed E-state index contributed by atoms with van der Waals surface area (Å²) < 4.78 is 24.0. The Morgan fingerprint density at radius 2 is 2.15 bits per heavy atom. The molecule has 1 aliphatic rings. The van der Waals surface area contributed by atoms with Crippen molar-refractivity contribution in [2.75, 3.05) is 0 Å². The van der Waals surface area contributed by atoms with E-state index in [1.54, 1.807) is 0 Å². The molecular weight excluding hydrogens is 188 g/mol. The Balaban J connectivity index is 2.43. The van der Waals surface area contributed by atoms with Gasteiger partial charge in [-0.2, -0.15) is 13.1 Å². The maximum Gasteiger partial charge on any atom is 0.274 e. The van der Waals surface area contributed by atoms with Crippen LogP contribution in [0.15, 0.2) is 0 Å². The fourth-order valence-corrected chi connectivity index (χ4v) is 2.68. The maximum atomic E-state index is 10.8. The molecule has 0 amide bonds. The molecule has 0 aromatic heterocycles. The van der Waals surface area contributed by atoms with Gasteiger partial charge < -0.3 is 0 Å². The van der Waals surface area contributed by atoms with Crippen LogP contribution < -0.4 is 9.86 Å². The Morgan fingerprint density at radius 1 is 1.46 bits per heavy atom. The Hall–Kier alpha value is -0.130. The van der Waals surface area contributed by atoms with Crippen LogP contribution in [0.5, 0.6) is 0 Å². The third-order valence-corrected chi connectivity index (χ3v) is 3.35. The monoisotopic (exact) mass is 206 g/mol. The summed E-state index contributed by atoms with van der Waals surface area (Å²) in [6, 6.07) is 0.0636. The van der Waals surface area contributed by atoms with Crippen molar-refractivity contribution < 1.29 is 8.42 Å². The molecule has 1 fully saturated rings. The summed E-state index contributed by atoms with van der Waals surface area (Å²) in [6.07, 6.45) is 5.31. The summed E-state index contributed by atoms with van der Waals surface area (Å²) >= 11 is 0. The first-order valence-corrected chi connectivity index (χ1v) is 6.36. The SMILES string of the molecule is CC[C@H]1CCC[C@H](NS(N)(=O)=O)C1. The minimum absolute atomic E-state index is 0.0636. The summed E-state index contributed by atoms with van der Waals surface area (Å²) in [5.74, 6) is 0.660. The van der Waals surface area contributed by atoms with E-state index in [9.17, 15) is 8.42 Å².